The quantitative estimate of drug-likeness (QED) is 0.613. The van der Waals surface area contributed by atoms with Crippen LogP contribution in [0.2, 0.25) is 0 Å². The molecule has 2 bridgehead atoms. The summed E-state index contributed by atoms with van der Waals surface area (Å²) in [6.07, 6.45) is 7.83. The van der Waals surface area contributed by atoms with Gasteiger partial charge in [-0.2, -0.15) is 10.5 Å². The molecule has 2 aliphatic rings. The third-order valence-corrected chi connectivity index (χ3v) is 4.24. The van der Waals surface area contributed by atoms with E-state index in [-0.39, 0.29) is 0 Å². The number of nitrogens with zero attached hydrogens (tertiary/aromatic N) is 3. The Bertz CT molecular complexity index is 427. The molecule has 3 atom stereocenters. The van der Waals surface area contributed by atoms with Crippen molar-refractivity contribution in [1.29, 1.82) is 10.5 Å². The van der Waals surface area contributed by atoms with Crippen molar-refractivity contribution >= 4 is 17.3 Å². The van der Waals surface area contributed by atoms with E-state index in [9.17, 15) is 0 Å². The van der Waals surface area contributed by atoms with Gasteiger partial charge in [-0.05, 0) is 36.9 Å². The summed E-state index contributed by atoms with van der Waals surface area (Å²) in [4.78, 5) is 1.94. The summed E-state index contributed by atoms with van der Waals surface area (Å²) < 4.78 is 0. The van der Waals surface area contributed by atoms with Crippen molar-refractivity contribution in [1.82, 2.24) is 10.2 Å². The molecule has 19 heavy (non-hydrogen) atoms. The first-order valence-electron chi connectivity index (χ1n) is 6.72. The van der Waals surface area contributed by atoms with Gasteiger partial charge in [-0.15, -0.1) is 0 Å². The highest BCUT2D eigenvalue weighted by Gasteiger charge is 2.36. The zero-order valence-corrected chi connectivity index (χ0v) is 11.7. The molecule has 1 saturated carbocycles. The van der Waals surface area contributed by atoms with E-state index in [0.717, 1.165) is 6.42 Å². The molecule has 0 aromatic heterocycles. The van der Waals surface area contributed by atoms with Gasteiger partial charge in [0.05, 0.1) is 25.0 Å². The molecular weight excluding hydrogens is 256 g/mol. The zero-order chi connectivity index (χ0) is 13.7. The largest absolute Gasteiger partial charge is 0.359 e. The lowest BCUT2D eigenvalue weighted by atomic mass is 10.0. The van der Waals surface area contributed by atoms with E-state index >= 15 is 0 Å². The van der Waals surface area contributed by atoms with Gasteiger partial charge >= 0.3 is 0 Å². The Morgan fingerprint density at radius 1 is 1.21 bits per heavy atom. The molecule has 5 heteroatoms. The number of nitrogens with one attached hydrogen (secondary N) is 1. The molecule has 0 radical (unpaired) electrons. The van der Waals surface area contributed by atoms with Crippen molar-refractivity contribution in [3.05, 3.63) is 12.2 Å². The lowest BCUT2D eigenvalue weighted by molar-refractivity contribution is 0.408. The Kier molecular flexibility index (Phi) is 4.76. The Hall–Kier alpha value is -1.59. The highest BCUT2D eigenvalue weighted by atomic mass is 32.1. The molecule has 0 aromatic rings. The van der Waals surface area contributed by atoms with E-state index in [2.05, 4.69) is 29.6 Å². The number of allylic oxidation sites excluding steroid dienone is 1. The first-order valence-corrected chi connectivity index (χ1v) is 7.13. The number of hydrogen-bond donors (Lipinski definition) is 1. The van der Waals surface area contributed by atoms with E-state index in [4.69, 9.17) is 22.7 Å². The Morgan fingerprint density at radius 2 is 1.89 bits per heavy atom. The second kappa shape index (κ2) is 6.54. The molecule has 0 amide bonds. The van der Waals surface area contributed by atoms with E-state index in [1.54, 1.807) is 0 Å². The predicted molar refractivity (Wildman–Crippen MR) is 76.9 cm³/mol. The Balaban J connectivity index is 1.86. The standard InChI is InChI=1S/C14H18N4S/c15-5-1-7-18(8-2-6-16)14(19)17-13-10-11-3-4-12(13)9-11/h3-4,11-13H,1-2,7-10H2,(H,17,19)/t11-,12+,13+/m1/s1. The molecule has 1 fully saturated rings. The molecular formula is C14H18N4S. The fourth-order valence-electron chi connectivity index (χ4n) is 2.88. The first kappa shape index (κ1) is 13.8. The number of fused-ring (bicyclic) bond motifs is 2. The van der Waals surface area contributed by atoms with Crippen LogP contribution in [0.25, 0.3) is 0 Å². The molecule has 2 rings (SSSR count). The molecule has 1 N–H and O–H groups in total. The van der Waals surface area contributed by atoms with Crippen molar-refractivity contribution in [3.8, 4) is 12.1 Å². The molecule has 2 aliphatic carbocycles. The molecule has 0 heterocycles. The third kappa shape index (κ3) is 3.45. The number of hydrogen-bond acceptors (Lipinski definition) is 3. The van der Waals surface area contributed by atoms with E-state index in [0.29, 0.717) is 48.9 Å². The van der Waals surface area contributed by atoms with Crippen LogP contribution in [-0.2, 0) is 0 Å². The van der Waals surface area contributed by atoms with Crippen LogP contribution in [0.1, 0.15) is 25.7 Å². The fraction of sp³-hybridized carbons (Fsp3) is 0.643. The first-order chi connectivity index (χ1) is 9.24. The normalized spacial score (nSPS) is 26.7. The highest BCUT2D eigenvalue weighted by molar-refractivity contribution is 7.80. The van der Waals surface area contributed by atoms with Gasteiger partial charge in [0, 0.05) is 19.1 Å². The van der Waals surface area contributed by atoms with Gasteiger partial charge < -0.3 is 10.2 Å². The summed E-state index contributed by atoms with van der Waals surface area (Å²) >= 11 is 5.43. The Labute approximate surface area is 119 Å². The maximum atomic E-state index is 8.68. The third-order valence-electron chi connectivity index (χ3n) is 3.86. The lowest BCUT2D eigenvalue weighted by Gasteiger charge is -2.29. The van der Waals surface area contributed by atoms with Crippen molar-refractivity contribution in [2.45, 2.75) is 31.7 Å². The van der Waals surface area contributed by atoms with Crippen molar-refractivity contribution in [2.75, 3.05) is 13.1 Å². The molecule has 100 valence electrons. The molecule has 0 aliphatic heterocycles. The zero-order valence-electron chi connectivity index (χ0n) is 10.9. The maximum Gasteiger partial charge on any atom is 0.169 e. The van der Waals surface area contributed by atoms with Crippen LogP contribution in [0.3, 0.4) is 0 Å². The van der Waals surface area contributed by atoms with Gasteiger partial charge in [0.25, 0.3) is 0 Å². The van der Waals surface area contributed by atoms with Gasteiger partial charge in [-0.1, -0.05) is 12.2 Å². The molecule has 0 saturated heterocycles. The minimum atomic E-state index is 0.425. The lowest BCUT2D eigenvalue weighted by Crippen LogP contribution is -2.46. The smallest absolute Gasteiger partial charge is 0.169 e. The molecule has 0 unspecified atom stereocenters. The monoisotopic (exact) mass is 274 g/mol. The van der Waals surface area contributed by atoms with Crippen LogP contribution >= 0.6 is 12.2 Å². The predicted octanol–water partition coefficient (Wildman–Crippen LogP) is 1.95. The van der Waals surface area contributed by atoms with Crippen LogP contribution in [-0.4, -0.2) is 29.1 Å². The van der Waals surface area contributed by atoms with Crippen LogP contribution in [0.15, 0.2) is 12.2 Å². The number of rotatable bonds is 5. The molecule has 0 spiro atoms. The minimum absolute atomic E-state index is 0.425. The minimum Gasteiger partial charge on any atom is -0.359 e. The van der Waals surface area contributed by atoms with E-state index in [1.165, 1.54) is 6.42 Å². The van der Waals surface area contributed by atoms with Crippen molar-refractivity contribution < 1.29 is 0 Å². The van der Waals surface area contributed by atoms with E-state index in [1.807, 2.05) is 4.90 Å². The number of thiocarbonyl (C=S) groups is 1. The van der Waals surface area contributed by atoms with Gasteiger partial charge in [0.2, 0.25) is 0 Å². The summed E-state index contributed by atoms with van der Waals surface area (Å²) in [7, 11) is 0. The van der Waals surface area contributed by atoms with Crippen LogP contribution in [0, 0.1) is 34.5 Å². The molecule has 4 nitrogen and oxygen atoms in total. The SMILES string of the molecule is N#CCCN(CCC#N)C(=S)N[C@H]1C[C@@H]2C=C[C@H]1C2. The number of nitriles is 2. The van der Waals surface area contributed by atoms with Gasteiger partial charge in [-0.3, -0.25) is 0 Å². The Morgan fingerprint density at radius 3 is 2.37 bits per heavy atom. The van der Waals surface area contributed by atoms with Crippen LogP contribution in [0.4, 0.5) is 0 Å². The van der Waals surface area contributed by atoms with Crippen LogP contribution < -0.4 is 5.32 Å². The summed E-state index contributed by atoms with van der Waals surface area (Å²) in [6.45, 7) is 1.20. The van der Waals surface area contributed by atoms with Crippen LogP contribution in [0.5, 0.6) is 0 Å². The average molecular weight is 274 g/mol. The fourth-order valence-corrected chi connectivity index (χ4v) is 3.22. The van der Waals surface area contributed by atoms with Gasteiger partial charge in [0.1, 0.15) is 0 Å². The van der Waals surface area contributed by atoms with Gasteiger partial charge in [0.15, 0.2) is 5.11 Å². The second-order valence-corrected chi connectivity index (χ2v) is 5.53. The van der Waals surface area contributed by atoms with Crippen molar-refractivity contribution in [3.63, 3.8) is 0 Å². The topological polar surface area (TPSA) is 62.9 Å². The maximum absolute atomic E-state index is 8.68. The molecule has 0 aromatic carbocycles. The van der Waals surface area contributed by atoms with Gasteiger partial charge in [-0.25, -0.2) is 0 Å². The summed E-state index contributed by atoms with van der Waals surface area (Å²) in [5.74, 6) is 1.30. The summed E-state index contributed by atoms with van der Waals surface area (Å²) in [5.41, 5.74) is 0. The highest BCUT2D eigenvalue weighted by Crippen LogP contribution is 2.38. The summed E-state index contributed by atoms with van der Waals surface area (Å²) in [6, 6.07) is 4.68. The summed E-state index contributed by atoms with van der Waals surface area (Å²) in [5, 5.41) is 21.5. The van der Waals surface area contributed by atoms with Crippen molar-refractivity contribution in [2.24, 2.45) is 11.8 Å². The average Bonchev–Trinajstić information content (AvgIpc) is 3.01. The van der Waals surface area contributed by atoms with E-state index < -0.39 is 0 Å². The second-order valence-electron chi connectivity index (χ2n) is 5.14.